The van der Waals surface area contributed by atoms with Crippen molar-refractivity contribution >= 4 is 50.3 Å². The third-order valence-electron chi connectivity index (χ3n) is 11.1. The van der Waals surface area contributed by atoms with Gasteiger partial charge >= 0.3 is 6.09 Å². The lowest BCUT2D eigenvalue weighted by Gasteiger charge is -2.30. The number of nitrogens with one attached hydrogen (secondary N) is 3. The van der Waals surface area contributed by atoms with Crippen LogP contribution in [0.4, 0.5) is 10.5 Å². The van der Waals surface area contributed by atoms with Crippen molar-refractivity contribution in [1.29, 1.82) is 0 Å². The molecule has 2 unspecified atom stereocenters. The average molecular weight is 847 g/mol. The van der Waals surface area contributed by atoms with Crippen molar-refractivity contribution in [2.24, 2.45) is 5.92 Å². The smallest absolute Gasteiger partial charge is 0.408 e. The molecule has 1 aromatic heterocycles. The van der Waals surface area contributed by atoms with Gasteiger partial charge in [-0.25, -0.2) is 18.2 Å². The van der Waals surface area contributed by atoms with Crippen molar-refractivity contribution in [3.63, 3.8) is 0 Å². The second-order valence-electron chi connectivity index (χ2n) is 17.1. The van der Waals surface area contributed by atoms with E-state index in [2.05, 4.69) is 15.4 Å². The molecule has 1 saturated heterocycles. The molecule has 3 fully saturated rings. The summed E-state index contributed by atoms with van der Waals surface area (Å²) >= 11 is 0. The molecule has 2 aliphatic heterocycles. The number of ether oxygens (including phenoxy) is 4. The summed E-state index contributed by atoms with van der Waals surface area (Å²) in [5, 5.41) is 6.39. The normalized spacial score (nSPS) is 24.9. The topological polar surface area (TPSA) is 195 Å². The van der Waals surface area contributed by atoms with Gasteiger partial charge in [-0.1, -0.05) is 24.3 Å². The van der Waals surface area contributed by atoms with Crippen molar-refractivity contribution < 1.29 is 46.5 Å². The van der Waals surface area contributed by atoms with Gasteiger partial charge in [-0.05, 0) is 94.7 Å². The number of hydrogen-bond donors (Lipinski definition) is 3. The second-order valence-corrected chi connectivity index (χ2v) is 19.1. The number of fused-ring (bicyclic) bond motifs is 3. The van der Waals surface area contributed by atoms with Crippen LogP contribution in [0.3, 0.4) is 0 Å². The number of rotatable bonds is 9. The lowest BCUT2D eigenvalue weighted by atomic mass is 10.1. The Hall–Kier alpha value is -5.42. The van der Waals surface area contributed by atoms with Crippen molar-refractivity contribution in [3.05, 3.63) is 60.7 Å². The van der Waals surface area contributed by atoms with Crippen molar-refractivity contribution in [1.82, 2.24) is 25.2 Å². The molecule has 0 radical (unpaired) electrons. The number of anilines is 1. The Morgan fingerprint density at radius 3 is 2.48 bits per heavy atom. The van der Waals surface area contributed by atoms with E-state index >= 15 is 0 Å². The summed E-state index contributed by atoms with van der Waals surface area (Å²) < 4.78 is 51.5. The van der Waals surface area contributed by atoms with Crippen LogP contribution in [-0.2, 0) is 33.9 Å². The van der Waals surface area contributed by atoms with E-state index in [4.69, 9.17) is 23.9 Å². The van der Waals surface area contributed by atoms with E-state index in [9.17, 15) is 27.6 Å². The predicted molar refractivity (Wildman–Crippen MR) is 224 cm³/mol. The minimum Gasteiger partial charge on any atom is -0.497 e. The van der Waals surface area contributed by atoms with Gasteiger partial charge in [-0.3, -0.25) is 19.1 Å². The fourth-order valence-corrected chi connectivity index (χ4v) is 9.03. The first-order valence-electron chi connectivity index (χ1n) is 20.3. The van der Waals surface area contributed by atoms with Crippen LogP contribution < -0.4 is 29.7 Å². The van der Waals surface area contributed by atoms with Crippen LogP contribution in [0.5, 0.6) is 11.6 Å². The molecule has 16 nitrogen and oxygen atoms in total. The summed E-state index contributed by atoms with van der Waals surface area (Å²) in [6.45, 7) is 5.51. The van der Waals surface area contributed by atoms with Crippen LogP contribution >= 0.6 is 0 Å². The third kappa shape index (κ3) is 9.62. The molecule has 0 bridgehead atoms. The van der Waals surface area contributed by atoms with E-state index in [1.54, 1.807) is 46.1 Å². The zero-order chi connectivity index (χ0) is 43.0. The highest BCUT2D eigenvalue weighted by atomic mass is 32.2. The van der Waals surface area contributed by atoms with Crippen LogP contribution in [-0.4, -0.2) is 118 Å². The molecule has 3 aromatic rings. The molecule has 2 aliphatic carbocycles. The second kappa shape index (κ2) is 16.9. The van der Waals surface area contributed by atoms with Crippen LogP contribution in [0.2, 0.25) is 0 Å². The number of nitrogens with zero attached hydrogens (tertiary/aromatic N) is 3. The van der Waals surface area contributed by atoms with Crippen LogP contribution in [0.25, 0.3) is 22.0 Å². The molecular formula is C43H54N6O10S. The van der Waals surface area contributed by atoms with Gasteiger partial charge < -0.3 is 39.4 Å². The first-order chi connectivity index (χ1) is 28.5. The van der Waals surface area contributed by atoms with E-state index < -0.39 is 74.3 Å². The van der Waals surface area contributed by atoms with Gasteiger partial charge in [0.05, 0.1) is 31.2 Å². The highest BCUT2D eigenvalue weighted by Gasteiger charge is 2.62. The Labute approximate surface area is 350 Å². The Morgan fingerprint density at radius 1 is 1.05 bits per heavy atom. The molecule has 322 valence electrons. The van der Waals surface area contributed by atoms with Gasteiger partial charge in [-0.15, -0.1) is 0 Å². The maximum Gasteiger partial charge on any atom is 0.408 e. The van der Waals surface area contributed by atoms with E-state index in [0.29, 0.717) is 36.1 Å². The number of alkyl carbamates (subject to hydrolysis) is 1. The van der Waals surface area contributed by atoms with Crippen molar-refractivity contribution in [2.75, 3.05) is 45.9 Å². The van der Waals surface area contributed by atoms with E-state index in [1.807, 2.05) is 61.5 Å². The molecule has 3 heterocycles. The third-order valence-corrected chi connectivity index (χ3v) is 12.9. The lowest BCUT2D eigenvalue weighted by molar-refractivity contribution is -0.141. The van der Waals surface area contributed by atoms with Crippen LogP contribution in [0.1, 0.15) is 59.3 Å². The summed E-state index contributed by atoms with van der Waals surface area (Å²) in [6, 6.07) is 13.1. The van der Waals surface area contributed by atoms with Gasteiger partial charge in [0.2, 0.25) is 27.7 Å². The summed E-state index contributed by atoms with van der Waals surface area (Å²) in [5.41, 5.74) is 0.0556. The molecule has 2 aromatic carbocycles. The first-order valence-corrected chi connectivity index (χ1v) is 21.9. The minimum absolute atomic E-state index is 0.000489. The summed E-state index contributed by atoms with van der Waals surface area (Å²) in [6.07, 6.45) is 3.51. The Bertz CT molecular complexity index is 2270. The number of amides is 4. The Kier molecular flexibility index (Phi) is 12.0. The summed E-state index contributed by atoms with van der Waals surface area (Å²) in [5.74, 6) is -1.67. The predicted octanol–water partition coefficient (Wildman–Crippen LogP) is 4.07. The van der Waals surface area contributed by atoms with Gasteiger partial charge in [0.1, 0.15) is 35.1 Å². The molecule has 2 saturated carbocycles. The fourth-order valence-electron chi connectivity index (χ4n) is 7.67. The number of hydrogen-bond acceptors (Lipinski definition) is 12. The standard InChI is InChI=1S/C43H54N6O10S/c1-42(2,3)59-41(53)45-34-10-8-20-57-19-7-9-28-24-43(28,40(52)47-60(54,55)32-16-17-32)46-37(50)36-23-31(25-49(36)39(34)51)58-38-33-18-15-30(56-6)21-27(33)22-35(44-38)26-11-13-29(14-12-26)48(4)5/h7,9,11-15,18,21-22,28,31-32,34,36H,8,10,16-17,19-20,23-25H2,1-6H3,(H,45,53)(H,46,50)(H,47,52)/t28?,31?,34-,36-,43+/m0/s1. The number of carbonyl (C=O) groups is 4. The average Bonchev–Trinajstić information content (AvgIpc) is 4.12. The zero-order valence-corrected chi connectivity index (χ0v) is 35.7. The molecule has 17 heteroatoms. The number of sulfonamides is 1. The molecule has 4 aliphatic rings. The number of methoxy groups -OCH3 is 1. The molecule has 5 atom stereocenters. The summed E-state index contributed by atoms with van der Waals surface area (Å²) in [4.78, 5) is 64.4. The number of benzene rings is 2. The number of aromatic nitrogens is 1. The molecular weight excluding hydrogens is 793 g/mol. The van der Waals surface area contributed by atoms with Gasteiger partial charge in [0.15, 0.2) is 0 Å². The van der Waals surface area contributed by atoms with Crippen molar-refractivity contribution in [2.45, 2.75) is 93.9 Å². The van der Waals surface area contributed by atoms with Crippen molar-refractivity contribution in [3.8, 4) is 22.9 Å². The Morgan fingerprint density at radius 2 is 1.80 bits per heavy atom. The fraction of sp³-hybridized carbons (Fsp3) is 0.512. The van der Waals surface area contributed by atoms with E-state index in [-0.39, 0.29) is 44.9 Å². The lowest BCUT2D eigenvalue weighted by Crippen LogP contribution is -2.58. The maximum absolute atomic E-state index is 14.7. The van der Waals surface area contributed by atoms with E-state index in [1.165, 1.54) is 4.90 Å². The Balaban J connectivity index is 1.23. The van der Waals surface area contributed by atoms with Gasteiger partial charge in [0, 0.05) is 49.7 Å². The molecule has 60 heavy (non-hydrogen) atoms. The van der Waals surface area contributed by atoms with Gasteiger partial charge in [-0.2, -0.15) is 0 Å². The SMILES string of the molecule is COc1ccc2c(OC3C[C@H]4C(=O)N[C@]5(C(=O)NS(=O)(=O)C6CC6)CC5C=CCOCCC[C@H](NC(=O)OC(C)(C)C)C(=O)N4C3)nc(-c3ccc(N(C)C)cc3)cc2c1. The molecule has 7 rings (SSSR count). The monoisotopic (exact) mass is 846 g/mol. The zero-order valence-electron chi connectivity index (χ0n) is 34.9. The summed E-state index contributed by atoms with van der Waals surface area (Å²) in [7, 11) is 1.56. The number of pyridine rings is 1. The molecule has 0 spiro atoms. The van der Waals surface area contributed by atoms with Crippen LogP contribution in [0, 0.1) is 5.92 Å². The maximum atomic E-state index is 14.7. The molecule has 4 amide bonds. The largest absolute Gasteiger partial charge is 0.497 e. The number of carbonyl (C=O) groups excluding carboxylic acids is 4. The first kappa shape index (κ1) is 42.7. The quantitative estimate of drug-likeness (QED) is 0.262. The highest BCUT2D eigenvalue weighted by Crippen LogP contribution is 2.46. The molecule has 3 N–H and O–H groups in total. The van der Waals surface area contributed by atoms with Crippen LogP contribution in [0.15, 0.2) is 60.7 Å². The highest BCUT2D eigenvalue weighted by molar-refractivity contribution is 7.91. The van der Waals surface area contributed by atoms with E-state index in [0.717, 1.165) is 16.6 Å². The minimum atomic E-state index is -3.94. The van der Waals surface area contributed by atoms with Gasteiger partial charge in [0.25, 0.3) is 5.91 Å².